The van der Waals surface area contributed by atoms with Crippen LogP contribution in [0.25, 0.3) is 6.08 Å². The lowest BCUT2D eigenvalue weighted by atomic mass is 9.96. The van der Waals surface area contributed by atoms with Gasteiger partial charge in [-0.3, -0.25) is 9.36 Å². The normalized spacial score (nSPS) is 15.4. The molecule has 186 valence electrons. The quantitative estimate of drug-likeness (QED) is 0.248. The highest BCUT2D eigenvalue weighted by Crippen LogP contribution is 2.35. The van der Waals surface area contributed by atoms with Gasteiger partial charge < -0.3 is 9.47 Å². The Bertz CT molecular complexity index is 1530. The second kappa shape index (κ2) is 11.3. The van der Waals surface area contributed by atoms with Crippen molar-refractivity contribution < 1.29 is 14.3 Å². The lowest BCUT2D eigenvalue weighted by Gasteiger charge is -2.24. The number of ether oxygens (including phenoxy) is 2. The summed E-state index contributed by atoms with van der Waals surface area (Å²) in [6, 6.07) is 10.1. The van der Waals surface area contributed by atoms with E-state index >= 15 is 0 Å². The van der Waals surface area contributed by atoms with Crippen LogP contribution in [0.4, 0.5) is 0 Å². The number of thiazole rings is 1. The SMILES string of the molecule is C=CCOc1c(Br)cc(/C=c2/sc3n(c2=O)C(c2ccc(Cl)cc2)C(C(=O)OCC)=C(C)N=3)cc1Br. The maximum atomic E-state index is 13.7. The van der Waals surface area contributed by atoms with Gasteiger partial charge in [-0.1, -0.05) is 47.7 Å². The van der Waals surface area contributed by atoms with Crippen molar-refractivity contribution in [2.24, 2.45) is 4.99 Å². The molecule has 4 rings (SSSR count). The Balaban J connectivity index is 1.89. The highest BCUT2D eigenvalue weighted by atomic mass is 79.9. The van der Waals surface area contributed by atoms with Crippen molar-refractivity contribution >= 4 is 66.8 Å². The number of hydrogen-bond acceptors (Lipinski definition) is 6. The summed E-state index contributed by atoms with van der Waals surface area (Å²) in [6.45, 7) is 7.74. The van der Waals surface area contributed by atoms with E-state index in [0.717, 1.165) is 20.1 Å². The van der Waals surface area contributed by atoms with Crippen LogP contribution in [-0.4, -0.2) is 23.8 Å². The summed E-state index contributed by atoms with van der Waals surface area (Å²) in [5, 5.41) is 0.557. The van der Waals surface area contributed by atoms with Gasteiger partial charge in [-0.15, -0.1) is 0 Å². The average molecular weight is 653 g/mol. The smallest absolute Gasteiger partial charge is 0.338 e. The predicted molar refractivity (Wildman–Crippen MR) is 149 cm³/mol. The molecule has 0 amide bonds. The second-order valence-corrected chi connectivity index (χ2v) is 10.9. The lowest BCUT2D eigenvalue weighted by Crippen LogP contribution is -2.39. The Hall–Kier alpha value is -2.46. The Kier molecular flexibility index (Phi) is 8.34. The van der Waals surface area contributed by atoms with Crippen molar-refractivity contribution in [1.82, 2.24) is 4.57 Å². The van der Waals surface area contributed by atoms with Gasteiger partial charge in [0.25, 0.3) is 5.56 Å². The lowest BCUT2D eigenvalue weighted by molar-refractivity contribution is -0.139. The van der Waals surface area contributed by atoms with Crippen molar-refractivity contribution in [1.29, 1.82) is 0 Å². The van der Waals surface area contributed by atoms with E-state index in [4.69, 9.17) is 21.1 Å². The van der Waals surface area contributed by atoms with Crippen LogP contribution in [0.2, 0.25) is 5.02 Å². The van der Waals surface area contributed by atoms with Crippen LogP contribution < -0.4 is 19.6 Å². The Morgan fingerprint density at radius 2 is 1.92 bits per heavy atom. The Morgan fingerprint density at radius 3 is 2.53 bits per heavy atom. The third kappa shape index (κ3) is 5.29. The number of rotatable bonds is 7. The van der Waals surface area contributed by atoms with Gasteiger partial charge in [-0.2, -0.15) is 0 Å². The monoisotopic (exact) mass is 650 g/mol. The first-order chi connectivity index (χ1) is 17.2. The van der Waals surface area contributed by atoms with Gasteiger partial charge >= 0.3 is 5.97 Å². The van der Waals surface area contributed by atoms with Crippen molar-refractivity contribution in [2.75, 3.05) is 13.2 Å². The van der Waals surface area contributed by atoms with E-state index in [2.05, 4.69) is 43.4 Å². The van der Waals surface area contributed by atoms with E-state index < -0.39 is 12.0 Å². The van der Waals surface area contributed by atoms with Gasteiger partial charge in [0.15, 0.2) is 4.80 Å². The van der Waals surface area contributed by atoms with E-state index in [0.29, 0.717) is 38.0 Å². The largest absolute Gasteiger partial charge is 0.487 e. The molecule has 3 aromatic rings. The fraction of sp³-hybridized carbons (Fsp3) is 0.192. The minimum Gasteiger partial charge on any atom is -0.487 e. The molecule has 1 aliphatic rings. The number of allylic oxidation sites excluding steroid dienone is 1. The first-order valence-corrected chi connectivity index (χ1v) is 13.7. The minimum atomic E-state index is -0.687. The first-order valence-electron chi connectivity index (χ1n) is 10.9. The minimum absolute atomic E-state index is 0.212. The molecule has 1 unspecified atom stereocenters. The summed E-state index contributed by atoms with van der Waals surface area (Å²) in [7, 11) is 0. The van der Waals surface area contributed by atoms with Crippen LogP contribution in [0.1, 0.15) is 31.0 Å². The second-order valence-electron chi connectivity index (χ2n) is 7.77. The van der Waals surface area contributed by atoms with Gasteiger partial charge in [0.05, 0.1) is 37.4 Å². The van der Waals surface area contributed by atoms with Crippen molar-refractivity contribution in [3.05, 3.63) is 105 Å². The summed E-state index contributed by atoms with van der Waals surface area (Å²) in [5.74, 6) is 0.141. The van der Waals surface area contributed by atoms with E-state index in [9.17, 15) is 9.59 Å². The number of benzene rings is 2. The van der Waals surface area contributed by atoms with Crippen LogP contribution >= 0.6 is 54.8 Å². The highest BCUT2D eigenvalue weighted by Gasteiger charge is 2.33. The maximum Gasteiger partial charge on any atom is 0.338 e. The summed E-state index contributed by atoms with van der Waals surface area (Å²) in [4.78, 5) is 31.7. The molecule has 0 aliphatic carbocycles. The molecule has 1 aromatic heterocycles. The molecular weight excluding hydrogens is 632 g/mol. The number of nitrogens with zero attached hydrogens (tertiary/aromatic N) is 2. The number of hydrogen-bond donors (Lipinski definition) is 0. The molecule has 2 heterocycles. The number of fused-ring (bicyclic) bond motifs is 1. The Labute approximate surface area is 233 Å². The number of esters is 1. The van der Waals surface area contributed by atoms with Crippen molar-refractivity contribution in [2.45, 2.75) is 19.9 Å². The van der Waals surface area contributed by atoms with Crippen LogP contribution in [0.5, 0.6) is 5.75 Å². The van der Waals surface area contributed by atoms with Crippen LogP contribution in [0.3, 0.4) is 0 Å². The fourth-order valence-corrected chi connectivity index (χ4v) is 6.47. The topological polar surface area (TPSA) is 69.9 Å². The predicted octanol–water partition coefficient (Wildman–Crippen LogP) is 5.54. The number of halogens is 3. The molecule has 1 aliphatic heterocycles. The Morgan fingerprint density at radius 1 is 1.25 bits per heavy atom. The molecule has 0 saturated carbocycles. The van der Waals surface area contributed by atoms with E-state index in [1.807, 2.05) is 12.1 Å². The maximum absolute atomic E-state index is 13.7. The van der Waals surface area contributed by atoms with Gasteiger partial charge in [0.1, 0.15) is 12.4 Å². The van der Waals surface area contributed by atoms with Gasteiger partial charge in [-0.05, 0) is 87.2 Å². The molecule has 0 radical (unpaired) electrons. The highest BCUT2D eigenvalue weighted by molar-refractivity contribution is 9.11. The van der Waals surface area contributed by atoms with E-state index in [-0.39, 0.29) is 12.2 Å². The molecule has 6 nitrogen and oxygen atoms in total. The standard InChI is InChI=1S/C26H21Br2ClN2O4S/c1-4-10-35-23-18(27)11-15(12-19(23)28)13-20-24(32)31-22(16-6-8-17(29)9-7-16)21(25(33)34-5-2)14(3)30-26(31)36-20/h4,6-9,11-13,22H,1,5,10H2,2-3H3/b20-13+. The molecular formula is C26H21Br2ClN2O4S. The number of aromatic nitrogens is 1. The van der Waals surface area contributed by atoms with Crippen molar-refractivity contribution in [3.63, 3.8) is 0 Å². The summed E-state index contributed by atoms with van der Waals surface area (Å²) in [5.41, 5.74) is 2.10. The molecule has 36 heavy (non-hydrogen) atoms. The van der Waals surface area contributed by atoms with Gasteiger partial charge in [-0.25, -0.2) is 9.79 Å². The van der Waals surface area contributed by atoms with Gasteiger partial charge in [0.2, 0.25) is 0 Å². The molecule has 10 heteroatoms. The summed E-state index contributed by atoms with van der Waals surface area (Å²) >= 11 is 14.4. The van der Waals surface area contributed by atoms with Crippen LogP contribution in [0, 0.1) is 0 Å². The summed E-state index contributed by atoms with van der Waals surface area (Å²) < 4.78 is 14.5. The number of carbonyl (C=O) groups excluding carboxylic acids is 1. The first kappa shape index (κ1) is 26.6. The average Bonchev–Trinajstić information content (AvgIpc) is 3.12. The molecule has 1 atom stereocenters. The van der Waals surface area contributed by atoms with E-state index in [1.54, 1.807) is 54.8 Å². The molecule has 0 bridgehead atoms. The third-order valence-electron chi connectivity index (χ3n) is 5.37. The molecule has 2 aromatic carbocycles. The van der Waals surface area contributed by atoms with Gasteiger partial charge in [0, 0.05) is 5.02 Å². The fourth-order valence-electron chi connectivity index (χ4n) is 3.85. The zero-order valence-corrected chi connectivity index (χ0v) is 24.1. The third-order valence-corrected chi connectivity index (χ3v) is 7.78. The number of carbonyl (C=O) groups is 1. The molecule has 0 N–H and O–H groups in total. The van der Waals surface area contributed by atoms with E-state index in [1.165, 1.54) is 11.3 Å². The zero-order valence-electron chi connectivity index (χ0n) is 19.4. The van der Waals surface area contributed by atoms with Crippen LogP contribution in [0.15, 0.2) is 79.1 Å². The van der Waals surface area contributed by atoms with Crippen molar-refractivity contribution in [3.8, 4) is 5.75 Å². The molecule has 0 saturated heterocycles. The molecule has 0 fully saturated rings. The zero-order chi connectivity index (χ0) is 26.0. The van der Waals surface area contributed by atoms with Crippen LogP contribution in [-0.2, 0) is 9.53 Å². The summed E-state index contributed by atoms with van der Waals surface area (Å²) in [6.07, 6.45) is 3.45. The molecule has 0 spiro atoms.